The summed E-state index contributed by atoms with van der Waals surface area (Å²) in [5.74, 6) is -2.72. The first-order valence-corrected chi connectivity index (χ1v) is 3.14. The van der Waals surface area contributed by atoms with Gasteiger partial charge in [-0.05, 0) is 0 Å². The van der Waals surface area contributed by atoms with Gasteiger partial charge in [0, 0.05) is 5.56 Å². The third-order valence-electron chi connectivity index (χ3n) is 1.24. The zero-order valence-corrected chi connectivity index (χ0v) is 6.13. The number of aliphatic carboxylic acids is 1. The molecule has 0 aromatic carbocycles. The van der Waals surface area contributed by atoms with Crippen LogP contribution in [0.3, 0.4) is 0 Å². The van der Waals surface area contributed by atoms with Gasteiger partial charge in [-0.3, -0.25) is 4.79 Å². The van der Waals surface area contributed by atoms with Gasteiger partial charge in [0.1, 0.15) is 0 Å². The summed E-state index contributed by atoms with van der Waals surface area (Å²) in [6, 6.07) is 0. The number of aromatic nitrogens is 1. The molecule has 0 saturated heterocycles. The lowest BCUT2D eigenvalue weighted by molar-refractivity contribution is -0.156. The molecule has 0 fully saturated rings. The average Bonchev–Trinajstić information content (AvgIpc) is 2.31. The number of rotatable bonds is 2. The topological polar surface area (TPSA) is 63.3 Å². The van der Waals surface area contributed by atoms with Crippen LogP contribution < -0.4 is 0 Å². The summed E-state index contributed by atoms with van der Waals surface area (Å²) in [7, 11) is 0. The molecule has 0 unspecified atom stereocenters. The number of hydrogen-bond donors (Lipinski definition) is 1. The number of nitrogens with zero attached hydrogens (tertiary/aromatic N) is 1. The van der Waals surface area contributed by atoms with Crippen molar-refractivity contribution in [1.82, 2.24) is 5.16 Å². The standard InChI is InChI=1S/C6H4F3NO3/c7-6(8,9)5-3(1-4(11)12)2-10-13-5/h2H,1H2,(H,11,12). The maximum atomic E-state index is 12.0. The van der Waals surface area contributed by atoms with E-state index in [1.807, 2.05) is 0 Å². The fourth-order valence-electron chi connectivity index (χ4n) is 0.783. The van der Waals surface area contributed by atoms with Crippen molar-refractivity contribution < 1.29 is 27.6 Å². The SMILES string of the molecule is O=C(O)Cc1cnoc1C(F)(F)F. The number of carboxylic acid groups (broad SMARTS) is 1. The van der Waals surface area contributed by atoms with E-state index in [4.69, 9.17) is 5.11 Å². The van der Waals surface area contributed by atoms with Gasteiger partial charge in [-0.15, -0.1) is 0 Å². The first kappa shape index (κ1) is 9.56. The van der Waals surface area contributed by atoms with Crippen molar-refractivity contribution in [2.45, 2.75) is 12.6 Å². The van der Waals surface area contributed by atoms with Crippen LogP contribution in [0.4, 0.5) is 13.2 Å². The first-order chi connectivity index (χ1) is 5.91. The fourth-order valence-corrected chi connectivity index (χ4v) is 0.783. The van der Waals surface area contributed by atoms with Crippen LogP contribution in [0.15, 0.2) is 10.7 Å². The zero-order valence-electron chi connectivity index (χ0n) is 6.13. The van der Waals surface area contributed by atoms with Crippen LogP contribution >= 0.6 is 0 Å². The van der Waals surface area contributed by atoms with Crippen LogP contribution in [0.2, 0.25) is 0 Å². The maximum absolute atomic E-state index is 12.0. The van der Waals surface area contributed by atoms with E-state index in [0.29, 0.717) is 0 Å². The molecule has 0 aliphatic rings. The molecule has 1 aromatic rings. The van der Waals surface area contributed by atoms with Gasteiger partial charge >= 0.3 is 12.1 Å². The van der Waals surface area contributed by atoms with Gasteiger partial charge in [0.25, 0.3) is 0 Å². The minimum atomic E-state index is -4.69. The first-order valence-electron chi connectivity index (χ1n) is 3.14. The van der Waals surface area contributed by atoms with E-state index < -0.39 is 29.9 Å². The molecule has 0 amide bonds. The summed E-state index contributed by atoms with van der Waals surface area (Å²) < 4.78 is 39.9. The number of hydrogen-bond acceptors (Lipinski definition) is 3. The highest BCUT2D eigenvalue weighted by Gasteiger charge is 2.38. The predicted molar refractivity (Wildman–Crippen MR) is 32.8 cm³/mol. The Kier molecular flexibility index (Phi) is 2.26. The Morgan fingerprint density at radius 1 is 1.62 bits per heavy atom. The molecule has 1 aromatic heterocycles. The molecule has 1 N–H and O–H groups in total. The quantitative estimate of drug-likeness (QED) is 0.772. The molecule has 0 bridgehead atoms. The highest BCUT2D eigenvalue weighted by Crippen LogP contribution is 2.31. The molecule has 0 aliphatic carbocycles. The summed E-state index contributed by atoms with van der Waals surface area (Å²) in [5.41, 5.74) is -0.472. The van der Waals surface area contributed by atoms with Gasteiger partial charge in [0.15, 0.2) is 0 Å². The number of carboxylic acids is 1. The second-order valence-electron chi connectivity index (χ2n) is 2.25. The maximum Gasteiger partial charge on any atom is 0.452 e. The van der Waals surface area contributed by atoms with Gasteiger partial charge < -0.3 is 9.63 Å². The second-order valence-corrected chi connectivity index (χ2v) is 2.25. The third kappa shape index (κ3) is 2.20. The van der Waals surface area contributed by atoms with Crippen molar-refractivity contribution >= 4 is 5.97 Å². The largest absolute Gasteiger partial charge is 0.481 e. The van der Waals surface area contributed by atoms with Gasteiger partial charge in [-0.25, -0.2) is 0 Å². The van der Waals surface area contributed by atoms with Crippen LogP contribution in [-0.4, -0.2) is 16.2 Å². The van der Waals surface area contributed by atoms with Crippen molar-refractivity contribution in [3.8, 4) is 0 Å². The normalized spacial score (nSPS) is 11.6. The highest BCUT2D eigenvalue weighted by molar-refractivity contribution is 5.70. The summed E-state index contributed by atoms with van der Waals surface area (Å²) in [4.78, 5) is 10.1. The van der Waals surface area contributed by atoms with E-state index >= 15 is 0 Å². The van der Waals surface area contributed by atoms with Crippen molar-refractivity contribution in [1.29, 1.82) is 0 Å². The lowest BCUT2D eigenvalue weighted by Crippen LogP contribution is -2.09. The summed E-state index contributed by atoms with van der Waals surface area (Å²) in [6.07, 6.45) is -4.70. The van der Waals surface area contributed by atoms with E-state index in [2.05, 4.69) is 9.68 Å². The van der Waals surface area contributed by atoms with Crippen LogP contribution in [0.25, 0.3) is 0 Å². The second kappa shape index (κ2) is 3.08. The molecule has 0 atom stereocenters. The summed E-state index contributed by atoms with van der Waals surface area (Å²) in [5, 5.41) is 11.1. The van der Waals surface area contributed by atoms with E-state index in [1.54, 1.807) is 0 Å². The van der Waals surface area contributed by atoms with Crippen molar-refractivity contribution in [2.24, 2.45) is 0 Å². The molecule has 0 saturated carbocycles. The molecule has 13 heavy (non-hydrogen) atoms. The number of alkyl halides is 3. The number of halogens is 3. The molecule has 72 valence electrons. The van der Waals surface area contributed by atoms with Crippen LogP contribution in [0, 0.1) is 0 Å². The molecule has 1 rings (SSSR count). The van der Waals surface area contributed by atoms with Crippen molar-refractivity contribution in [3.05, 3.63) is 17.5 Å². The van der Waals surface area contributed by atoms with Crippen LogP contribution in [-0.2, 0) is 17.4 Å². The van der Waals surface area contributed by atoms with Gasteiger partial charge in [0.05, 0.1) is 12.6 Å². The lowest BCUT2D eigenvalue weighted by Gasteiger charge is -2.01. The fraction of sp³-hybridized carbons (Fsp3) is 0.333. The van der Waals surface area contributed by atoms with E-state index in [1.165, 1.54) is 0 Å². The Morgan fingerprint density at radius 3 is 2.69 bits per heavy atom. The third-order valence-corrected chi connectivity index (χ3v) is 1.24. The van der Waals surface area contributed by atoms with Crippen LogP contribution in [0.5, 0.6) is 0 Å². The Hall–Kier alpha value is -1.53. The monoisotopic (exact) mass is 195 g/mol. The molecule has 0 spiro atoms. The molecular weight excluding hydrogens is 191 g/mol. The molecule has 7 heteroatoms. The Balaban J connectivity index is 2.96. The average molecular weight is 195 g/mol. The van der Waals surface area contributed by atoms with E-state index in [0.717, 1.165) is 6.20 Å². The minimum Gasteiger partial charge on any atom is -0.481 e. The van der Waals surface area contributed by atoms with E-state index in [9.17, 15) is 18.0 Å². The van der Waals surface area contributed by atoms with E-state index in [-0.39, 0.29) is 0 Å². The molecule has 1 heterocycles. The predicted octanol–water partition coefficient (Wildman–Crippen LogP) is 1.32. The number of carbonyl (C=O) groups is 1. The smallest absolute Gasteiger partial charge is 0.452 e. The van der Waals surface area contributed by atoms with Gasteiger partial charge in [0.2, 0.25) is 5.76 Å². The minimum absolute atomic E-state index is 0.472. The summed E-state index contributed by atoms with van der Waals surface area (Å²) in [6.45, 7) is 0. The van der Waals surface area contributed by atoms with Crippen LogP contribution in [0.1, 0.15) is 11.3 Å². The highest BCUT2D eigenvalue weighted by atomic mass is 19.4. The molecule has 0 radical (unpaired) electrons. The summed E-state index contributed by atoms with van der Waals surface area (Å²) >= 11 is 0. The molecule has 0 aliphatic heterocycles. The molecular formula is C6H4F3NO3. The Labute approximate surface area is 69.9 Å². The lowest BCUT2D eigenvalue weighted by atomic mass is 10.2. The zero-order chi connectivity index (χ0) is 10.1. The van der Waals surface area contributed by atoms with Gasteiger partial charge in [-0.1, -0.05) is 5.16 Å². The molecule has 4 nitrogen and oxygen atoms in total. The van der Waals surface area contributed by atoms with Crippen molar-refractivity contribution in [2.75, 3.05) is 0 Å². The Morgan fingerprint density at radius 2 is 2.23 bits per heavy atom. The van der Waals surface area contributed by atoms with Crippen molar-refractivity contribution in [3.63, 3.8) is 0 Å². The Bertz CT molecular complexity index is 317. The van der Waals surface area contributed by atoms with Gasteiger partial charge in [-0.2, -0.15) is 13.2 Å².